The topological polar surface area (TPSA) is 62.7 Å². The summed E-state index contributed by atoms with van der Waals surface area (Å²) in [4.78, 5) is 12.4. The van der Waals surface area contributed by atoms with Gasteiger partial charge in [-0.2, -0.15) is 0 Å². The molecule has 2 heterocycles. The van der Waals surface area contributed by atoms with E-state index in [0.29, 0.717) is 11.5 Å². The van der Waals surface area contributed by atoms with E-state index in [2.05, 4.69) is 25.6 Å². The standard InChI is InChI=1S/C16H14FN5/c1-11-8-13(2-3-15(11)17)22-16-19-9-14(10-20-16)21-12-4-6-18-7-5-12/h2-10H,1H3,(H,18,21)(H,19,20,22). The lowest BCUT2D eigenvalue weighted by atomic mass is 10.2. The summed E-state index contributed by atoms with van der Waals surface area (Å²) in [6, 6.07) is 8.48. The third-order valence-electron chi connectivity index (χ3n) is 3.03. The van der Waals surface area contributed by atoms with Gasteiger partial charge in [0.25, 0.3) is 0 Å². The molecule has 3 rings (SSSR count). The Morgan fingerprint density at radius 2 is 1.59 bits per heavy atom. The molecule has 110 valence electrons. The van der Waals surface area contributed by atoms with Crippen LogP contribution in [0.5, 0.6) is 0 Å². The summed E-state index contributed by atoms with van der Waals surface area (Å²) in [5, 5.41) is 6.21. The third kappa shape index (κ3) is 3.35. The summed E-state index contributed by atoms with van der Waals surface area (Å²) in [7, 11) is 0. The number of aryl methyl sites for hydroxylation is 1. The molecule has 0 saturated carbocycles. The van der Waals surface area contributed by atoms with E-state index in [-0.39, 0.29) is 5.82 Å². The van der Waals surface area contributed by atoms with E-state index in [1.165, 1.54) is 6.07 Å². The van der Waals surface area contributed by atoms with Crippen LogP contribution in [-0.2, 0) is 0 Å². The molecule has 0 aliphatic rings. The molecule has 2 aromatic heterocycles. The van der Waals surface area contributed by atoms with Crippen molar-refractivity contribution >= 4 is 23.0 Å². The second-order valence-corrected chi connectivity index (χ2v) is 4.75. The summed E-state index contributed by atoms with van der Waals surface area (Å²) in [6.07, 6.45) is 6.75. The largest absolute Gasteiger partial charge is 0.353 e. The van der Waals surface area contributed by atoms with Crippen molar-refractivity contribution in [3.63, 3.8) is 0 Å². The van der Waals surface area contributed by atoms with E-state index in [1.807, 2.05) is 12.1 Å². The molecule has 0 atom stereocenters. The van der Waals surface area contributed by atoms with Crippen LogP contribution < -0.4 is 10.6 Å². The van der Waals surface area contributed by atoms with Gasteiger partial charge < -0.3 is 10.6 Å². The fraction of sp³-hybridized carbons (Fsp3) is 0.0625. The number of anilines is 4. The first kappa shape index (κ1) is 13.9. The Balaban J connectivity index is 1.70. The lowest BCUT2D eigenvalue weighted by Gasteiger charge is -2.08. The van der Waals surface area contributed by atoms with Crippen molar-refractivity contribution in [1.82, 2.24) is 15.0 Å². The van der Waals surface area contributed by atoms with E-state index in [4.69, 9.17) is 0 Å². The second-order valence-electron chi connectivity index (χ2n) is 4.75. The molecule has 0 unspecified atom stereocenters. The van der Waals surface area contributed by atoms with Gasteiger partial charge >= 0.3 is 0 Å². The highest BCUT2D eigenvalue weighted by molar-refractivity contribution is 5.59. The lowest BCUT2D eigenvalue weighted by molar-refractivity contribution is 0.619. The number of nitrogens with one attached hydrogen (secondary N) is 2. The average Bonchev–Trinajstić information content (AvgIpc) is 2.54. The number of hydrogen-bond donors (Lipinski definition) is 2. The number of hydrogen-bond acceptors (Lipinski definition) is 5. The van der Waals surface area contributed by atoms with Gasteiger partial charge in [-0.25, -0.2) is 14.4 Å². The minimum absolute atomic E-state index is 0.233. The molecule has 5 nitrogen and oxygen atoms in total. The maximum Gasteiger partial charge on any atom is 0.227 e. The van der Waals surface area contributed by atoms with Gasteiger partial charge in [0.1, 0.15) is 5.82 Å². The highest BCUT2D eigenvalue weighted by atomic mass is 19.1. The molecular formula is C16H14FN5. The van der Waals surface area contributed by atoms with Crippen molar-refractivity contribution in [1.29, 1.82) is 0 Å². The van der Waals surface area contributed by atoms with Gasteiger partial charge in [0, 0.05) is 23.8 Å². The zero-order valence-electron chi connectivity index (χ0n) is 11.9. The Hall–Kier alpha value is -3.02. The molecule has 0 bridgehead atoms. The average molecular weight is 295 g/mol. The molecule has 0 radical (unpaired) electrons. The Labute approximate surface area is 127 Å². The highest BCUT2D eigenvalue weighted by Crippen LogP contribution is 2.18. The van der Waals surface area contributed by atoms with Crippen LogP contribution in [0, 0.1) is 12.7 Å². The fourth-order valence-electron chi connectivity index (χ4n) is 1.91. The number of pyridine rings is 1. The SMILES string of the molecule is Cc1cc(Nc2ncc(Nc3ccncc3)cn2)ccc1F. The van der Waals surface area contributed by atoms with E-state index in [0.717, 1.165) is 17.1 Å². The summed E-state index contributed by atoms with van der Waals surface area (Å²) in [6.45, 7) is 1.71. The van der Waals surface area contributed by atoms with Gasteiger partial charge in [0.2, 0.25) is 5.95 Å². The molecule has 1 aromatic carbocycles. The number of halogens is 1. The predicted octanol–water partition coefficient (Wildman–Crippen LogP) is 3.81. The van der Waals surface area contributed by atoms with Crippen molar-refractivity contribution < 1.29 is 4.39 Å². The number of rotatable bonds is 4. The molecule has 0 spiro atoms. The molecule has 2 N–H and O–H groups in total. The van der Waals surface area contributed by atoms with Crippen molar-refractivity contribution in [3.8, 4) is 0 Å². The molecular weight excluding hydrogens is 281 g/mol. The Morgan fingerprint density at radius 3 is 2.27 bits per heavy atom. The molecule has 22 heavy (non-hydrogen) atoms. The summed E-state index contributed by atoms with van der Waals surface area (Å²) < 4.78 is 13.2. The van der Waals surface area contributed by atoms with Crippen LogP contribution in [0.25, 0.3) is 0 Å². The van der Waals surface area contributed by atoms with Gasteiger partial charge in [-0.05, 0) is 42.8 Å². The Bertz CT molecular complexity index is 759. The van der Waals surface area contributed by atoms with Crippen molar-refractivity contribution in [2.24, 2.45) is 0 Å². The van der Waals surface area contributed by atoms with E-state index >= 15 is 0 Å². The quantitative estimate of drug-likeness (QED) is 0.766. The minimum Gasteiger partial charge on any atom is -0.353 e. The van der Waals surface area contributed by atoms with Crippen LogP contribution in [0.15, 0.2) is 55.1 Å². The first-order valence-electron chi connectivity index (χ1n) is 6.73. The molecule has 0 fully saturated rings. The van der Waals surface area contributed by atoms with Gasteiger partial charge in [0.05, 0.1) is 18.1 Å². The first-order valence-corrected chi connectivity index (χ1v) is 6.73. The summed E-state index contributed by atoms with van der Waals surface area (Å²) >= 11 is 0. The highest BCUT2D eigenvalue weighted by Gasteiger charge is 2.02. The zero-order chi connectivity index (χ0) is 15.4. The van der Waals surface area contributed by atoms with E-state index in [9.17, 15) is 4.39 Å². The molecule has 0 amide bonds. The molecule has 0 saturated heterocycles. The number of nitrogens with zero attached hydrogens (tertiary/aromatic N) is 3. The second kappa shape index (κ2) is 6.17. The summed E-state index contributed by atoms with van der Waals surface area (Å²) in [5.74, 6) is 0.217. The van der Waals surface area contributed by atoms with Gasteiger partial charge in [-0.15, -0.1) is 0 Å². The Kier molecular flexibility index (Phi) is 3.91. The number of aromatic nitrogens is 3. The van der Waals surface area contributed by atoms with E-state index < -0.39 is 0 Å². The molecule has 3 aromatic rings. The van der Waals surface area contributed by atoms with E-state index in [1.54, 1.807) is 43.8 Å². The van der Waals surface area contributed by atoms with Crippen LogP contribution in [0.3, 0.4) is 0 Å². The van der Waals surface area contributed by atoms with Crippen molar-refractivity contribution in [2.45, 2.75) is 6.92 Å². The minimum atomic E-state index is -0.233. The molecule has 0 aliphatic heterocycles. The maximum absolute atomic E-state index is 13.2. The van der Waals surface area contributed by atoms with Gasteiger partial charge in [-0.3, -0.25) is 4.98 Å². The van der Waals surface area contributed by atoms with Crippen LogP contribution in [0.2, 0.25) is 0 Å². The molecule has 0 aliphatic carbocycles. The van der Waals surface area contributed by atoms with Crippen LogP contribution in [0.4, 0.5) is 27.4 Å². The van der Waals surface area contributed by atoms with Gasteiger partial charge in [0.15, 0.2) is 0 Å². The lowest BCUT2D eigenvalue weighted by Crippen LogP contribution is -1.99. The van der Waals surface area contributed by atoms with Crippen LogP contribution >= 0.6 is 0 Å². The number of benzene rings is 1. The smallest absolute Gasteiger partial charge is 0.227 e. The zero-order valence-corrected chi connectivity index (χ0v) is 11.9. The van der Waals surface area contributed by atoms with Gasteiger partial charge in [-0.1, -0.05) is 0 Å². The molecule has 6 heteroatoms. The maximum atomic E-state index is 13.2. The van der Waals surface area contributed by atoms with Crippen LogP contribution in [-0.4, -0.2) is 15.0 Å². The fourth-order valence-corrected chi connectivity index (χ4v) is 1.91. The van der Waals surface area contributed by atoms with Crippen molar-refractivity contribution in [3.05, 3.63) is 66.5 Å². The third-order valence-corrected chi connectivity index (χ3v) is 3.03. The summed E-state index contributed by atoms with van der Waals surface area (Å²) in [5.41, 5.74) is 3.00. The first-order chi connectivity index (χ1) is 10.7. The van der Waals surface area contributed by atoms with Crippen LogP contribution in [0.1, 0.15) is 5.56 Å². The normalized spacial score (nSPS) is 10.3. The predicted molar refractivity (Wildman–Crippen MR) is 84.0 cm³/mol. The monoisotopic (exact) mass is 295 g/mol. The Morgan fingerprint density at radius 1 is 0.864 bits per heavy atom. The van der Waals surface area contributed by atoms with Crippen molar-refractivity contribution in [2.75, 3.05) is 10.6 Å².